The number of thiazole rings is 1. The Morgan fingerprint density at radius 1 is 1.16 bits per heavy atom. The second-order valence-electron chi connectivity index (χ2n) is 9.22. The van der Waals surface area contributed by atoms with Gasteiger partial charge >= 0.3 is 0 Å². The Kier molecular flexibility index (Phi) is 7.34. The number of amides is 1. The lowest BCUT2D eigenvalue weighted by atomic mass is 10.1. The van der Waals surface area contributed by atoms with Crippen LogP contribution in [0.2, 0.25) is 0 Å². The van der Waals surface area contributed by atoms with E-state index in [9.17, 15) is 9.59 Å². The largest absolute Gasteiger partial charge is 0.354 e. The molecule has 192 valence electrons. The second kappa shape index (κ2) is 10.8. The molecule has 0 spiro atoms. The molecule has 37 heavy (non-hydrogen) atoms. The van der Waals surface area contributed by atoms with E-state index in [0.717, 1.165) is 47.9 Å². The molecule has 1 saturated heterocycles. The number of piperazine rings is 1. The molecule has 0 bridgehead atoms. The number of fused-ring (bicyclic) bond motifs is 5. The van der Waals surface area contributed by atoms with Crippen molar-refractivity contribution in [2.45, 2.75) is 20.3 Å². The normalized spacial score (nSPS) is 15.4. The summed E-state index contributed by atoms with van der Waals surface area (Å²) in [6.07, 6.45) is 4.49. The molecule has 8 nitrogen and oxygen atoms in total. The van der Waals surface area contributed by atoms with E-state index in [2.05, 4.69) is 27.2 Å². The summed E-state index contributed by atoms with van der Waals surface area (Å²) in [5.74, 6) is 0.489. The fraction of sp³-hybridized carbons (Fsp3) is 0.357. The van der Waals surface area contributed by atoms with E-state index in [-0.39, 0.29) is 16.9 Å². The maximum Gasteiger partial charge on any atom is 0.258 e. The van der Waals surface area contributed by atoms with E-state index in [1.807, 2.05) is 66.8 Å². The first-order valence-corrected chi connectivity index (χ1v) is 13.6. The number of carbonyl (C=O) groups excluding carboxylic acids is 1. The maximum absolute atomic E-state index is 13.7. The molecule has 3 aromatic heterocycles. The minimum Gasteiger partial charge on any atom is -0.354 e. The van der Waals surface area contributed by atoms with Gasteiger partial charge in [-0.25, -0.2) is 4.98 Å². The van der Waals surface area contributed by atoms with Crippen molar-refractivity contribution in [3.8, 4) is 0 Å². The molecule has 0 atom stereocenters. The topological polar surface area (TPSA) is 82.3 Å². The van der Waals surface area contributed by atoms with Gasteiger partial charge in [-0.1, -0.05) is 18.2 Å². The van der Waals surface area contributed by atoms with E-state index < -0.39 is 0 Å². The van der Waals surface area contributed by atoms with Gasteiger partial charge in [0.2, 0.25) is 5.43 Å². The van der Waals surface area contributed by atoms with E-state index in [1.165, 1.54) is 11.3 Å². The molecule has 1 aliphatic heterocycles. The van der Waals surface area contributed by atoms with Gasteiger partial charge in [0.05, 0.1) is 15.6 Å². The van der Waals surface area contributed by atoms with Gasteiger partial charge in [-0.2, -0.15) is 0 Å². The van der Waals surface area contributed by atoms with Crippen molar-refractivity contribution in [3.63, 3.8) is 0 Å². The van der Waals surface area contributed by atoms with Gasteiger partial charge in [0.1, 0.15) is 16.2 Å². The van der Waals surface area contributed by atoms with Crippen molar-refractivity contribution in [2.75, 3.05) is 51.2 Å². The van der Waals surface area contributed by atoms with Gasteiger partial charge in [-0.3, -0.25) is 19.0 Å². The third-order valence-corrected chi connectivity index (χ3v) is 7.86. The number of aliphatic imine (C=N–C) groups is 1. The molecular formula is C28H32N6O2S. The van der Waals surface area contributed by atoms with Crippen LogP contribution in [0.5, 0.6) is 0 Å². The number of likely N-dealkylation sites (N-methyl/N-ethyl adjacent to an activating group) is 1. The molecule has 5 rings (SSSR count). The number of benzene rings is 1. The molecule has 1 aromatic carbocycles. The average Bonchev–Trinajstić information content (AvgIpc) is 3.28. The van der Waals surface area contributed by atoms with E-state index in [0.29, 0.717) is 35.4 Å². The summed E-state index contributed by atoms with van der Waals surface area (Å²) in [4.78, 5) is 41.8. The minimum atomic E-state index is -0.365. The fourth-order valence-corrected chi connectivity index (χ4v) is 5.98. The Hall–Kier alpha value is -3.56. The zero-order chi connectivity index (χ0) is 25.9. The van der Waals surface area contributed by atoms with Crippen LogP contribution in [0.25, 0.3) is 26.1 Å². The second-order valence-corrected chi connectivity index (χ2v) is 10.2. The molecule has 1 fully saturated rings. The molecule has 1 amide bonds. The molecule has 4 heterocycles. The highest BCUT2D eigenvalue weighted by Crippen LogP contribution is 2.31. The van der Waals surface area contributed by atoms with Crippen molar-refractivity contribution in [1.82, 2.24) is 19.6 Å². The van der Waals surface area contributed by atoms with Crippen LogP contribution in [0.15, 0.2) is 58.3 Å². The van der Waals surface area contributed by atoms with Crippen LogP contribution in [0.4, 0.5) is 5.82 Å². The van der Waals surface area contributed by atoms with Gasteiger partial charge in [0.25, 0.3) is 5.91 Å². The number of allylic oxidation sites excluding steroid dienone is 2. The molecule has 0 saturated carbocycles. The molecule has 0 unspecified atom stereocenters. The number of nitrogens with zero attached hydrogens (tertiary/aromatic N) is 5. The smallest absolute Gasteiger partial charge is 0.258 e. The molecule has 9 heteroatoms. The van der Waals surface area contributed by atoms with Crippen molar-refractivity contribution in [3.05, 3.63) is 64.3 Å². The summed E-state index contributed by atoms with van der Waals surface area (Å²) in [6, 6.07) is 11.7. The van der Waals surface area contributed by atoms with Crippen LogP contribution < -0.4 is 15.6 Å². The van der Waals surface area contributed by atoms with Crippen LogP contribution in [0.1, 0.15) is 30.6 Å². The standard InChI is InChI=1S/C28H32N6O2S/c1-4-8-19(29-5-2)13-14-30-27(36)24-25(35)20-11-12-23(33-17-15-32(3)16-18-33)31-26(20)34-21-9-6-7-10-22(21)37-28(24)34/h4,6-12H,5,13-18H2,1-3H3,(H,30,36)/b8-4-,29-19?. The summed E-state index contributed by atoms with van der Waals surface area (Å²) in [7, 11) is 2.12. The molecule has 1 N–H and O–H groups in total. The maximum atomic E-state index is 13.7. The Labute approximate surface area is 219 Å². The predicted molar refractivity (Wildman–Crippen MR) is 154 cm³/mol. The number of hydrogen-bond donors (Lipinski definition) is 1. The minimum absolute atomic E-state index is 0.169. The van der Waals surface area contributed by atoms with Gasteiger partial charge in [0, 0.05) is 51.4 Å². The number of carbonyl (C=O) groups is 1. The third kappa shape index (κ3) is 4.89. The zero-order valence-corrected chi connectivity index (χ0v) is 22.3. The molecule has 0 radical (unpaired) electrons. The SMILES string of the molecule is C/C=C\C(CCNC(=O)c1c(=O)c2ccc(N3CCN(C)CC3)nc2n2c1sc1ccccc12)=NCC. The molecular weight excluding hydrogens is 484 g/mol. The molecule has 4 aromatic rings. The quantitative estimate of drug-likeness (QED) is 0.376. The van der Waals surface area contributed by atoms with Crippen molar-refractivity contribution >= 4 is 54.9 Å². The summed E-state index contributed by atoms with van der Waals surface area (Å²) < 4.78 is 2.98. The Morgan fingerprint density at radius 3 is 2.70 bits per heavy atom. The van der Waals surface area contributed by atoms with Gasteiger partial charge < -0.3 is 15.1 Å². The number of hydrogen-bond acceptors (Lipinski definition) is 7. The van der Waals surface area contributed by atoms with Gasteiger partial charge in [-0.05, 0) is 51.2 Å². The monoisotopic (exact) mass is 516 g/mol. The Balaban J connectivity index is 1.59. The average molecular weight is 517 g/mol. The third-order valence-electron chi connectivity index (χ3n) is 6.71. The number of anilines is 1. The molecule has 1 aliphatic rings. The van der Waals surface area contributed by atoms with Crippen LogP contribution in [0.3, 0.4) is 0 Å². The highest BCUT2D eigenvalue weighted by molar-refractivity contribution is 7.24. The van der Waals surface area contributed by atoms with E-state index in [1.54, 1.807) is 0 Å². The summed E-state index contributed by atoms with van der Waals surface area (Å²) in [5, 5.41) is 3.41. The van der Waals surface area contributed by atoms with Crippen LogP contribution in [0, 0.1) is 0 Å². The van der Waals surface area contributed by atoms with Crippen molar-refractivity contribution in [1.29, 1.82) is 0 Å². The Bertz CT molecular complexity index is 1580. The summed E-state index contributed by atoms with van der Waals surface area (Å²) >= 11 is 1.45. The van der Waals surface area contributed by atoms with Crippen LogP contribution >= 0.6 is 11.3 Å². The van der Waals surface area contributed by atoms with Crippen molar-refractivity contribution in [2.24, 2.45) is 4.99 Å². The number of pyridine rings is 2. The first-order valence-electron chi connectivity index (χ1n) is 12.8. The van der Waals surface area contributed by atoms with E-state index in [4.69, 9.17) is 4.98 Å². The first-order chi connectivity index (χ1) is 18.0. The van der Waals surface area contributed by atoms with Gasteiger partial charge in [0.15, 0.2) is 5.65 Å². The number of rotatable bonds is 7. The number of nitrogens with one attached hydrogen (secondary N) is 1. The lowest BCUT2D eigenvalue weighted by Gasteiger charge is -2.33. The lowest BCUT2D eigenvalue weighted by molar-refractivity contribution is 0.0955. The number of aromatic nitrogens is 2. The molecule has 0 aliphatic carbocycles. The first kappa shape index (κ1) is 25.1. The van der Waals surface area contributed by atoms with Crippen LogP contribution in [-0.2, 0) is 0 Å². The van der Waals surface area contributed by atoms with Crippen LogP contribution in [-0.4, -0.2) is 72.2 Å². The Morgan fingerprint density at radius 2 is 1.95 bits per heavy atom. The lowest BCUT2D eigenvalue weighted by Crippen LogP contribution is -2.44. The summed E-state index contributed by atoms with van der Waals surface area (Å²) in [6.45, 7) is 8.72. The number of para-hydroxylation sites is 1. The fourth-order valence-electron chi connectivity index (χ4n) is 4.79. The van der Waals surface area contributed by atoms with Crippen molar-refractivity contribution < 1.29 is 4.79 Å². The van der Waals surface area contributed by atoms with E-state index >= 15 is 0 Å². The predicted octanol–water partition coefficient (Wildman–Crippen LogP) is 3.97. The highest BCUT2D eigenvalue weighted by atomic mass is 32.1. The van der Waals surface area contributed by atoms with Gasteiger partial charge in [-0.15, -0.1) is 11.3 Å². The summed E-state index contributed by atoms with van der Waals surface area (Å²) in [5.41, 5.74) is 2.34. The highest BCUT2D eigenvalue weighted by Gasteiger charge is 2.24. The zero-order valence-electron chi connectivity index (χ0n) is 21.5.